The highest BCUT2D eigenvalue weighted by Crippen LogP contribution is 2.59. The third-order valence-electron chi connectivity index (χ3n) is 11.7. The number of fused-ring (bicyclic) bond motifs is 1. The zero-order chi connectivity index (χ0) is 30.8. The highest BCUT2D eigenvalue weighted by atomic mass is 28.4. The zero-order valence-corrected chi connectivity index (χ0v) is 29.9. The topological polar surface area (TPSA) is 27.7 Å². The Labute approximate surface area is 255 Å². The maximum atomic E-state index is 6.91. The molecule has 0 saturated heterocycles. The number of hydrogen-bond acceptors (Lipinski definition) is 3. The van der Waals surface area contributed by atoms with Gasteiger partial charge in [0, 0.05) is 13.0 Å². The standard InChI is InChI=1S/C37H64O3Si/c1-26-23-31(29(4)34(24-26)40-41(12,13)35(5,6)7)19-18-30-15-14-22-37(10)32(20-21-33(30)37)27(2)16-17-28(3)36(8,9)39-25-38-11/h16-19,26-28,32-34H,4,14-15,20-25H2,1-3,5-13H3/b17-16+,30-18+,31-19-/t26-,27-,28+,32-,33+,34+,37-/m1/s1. The van der Waals surface area contributed by atoms with Crippen LogP contribution in [0.4, 0.5) is 0 Å². The van der Waals surface area contributed by atoms with Crippen LogP contribution in [0.2, 0.25) is 18.1 Å². The van der Waals surface area contributed by atoms with Crippen LogP contribution in [-0.2, 0) is 13.9 Å². The van der Waals surface area contributed by atoms with Gasteiger partial charge in [-0.2, -0.15) is 0 Å². The van der Waals surface area contributed by atoms with Crippen LogP contribution in [0.5, 0.6) is 0 Å². The van der Waals surface area contributed by atoms with Gasteiger partial charge in [-0.1, -0.05) is 84.9 Å². The molecule has 0 amide bonds. The van der Waals surface area contributed by atoms with Gasteiger partial charge in [0.1, 0.15) is 6.79 Å². The lowest BCUT2D eigenvalue weighted by atomic mass is 9.61. The Morgan fingerprint density at radius 2 is 1.76 bits per heavy atom. The summed E-state index contributed by atoms with van der Waals surface area (Å²) < 4.78 is 18.0. The van der Waals surface area contributed by atoms with Crippen LogP contribution in [0.15, 0.2) is 47.6 Å². The van der Waals surface area contributed by atoms with Crippen molar-refractivity contribution in [2.45, 2.75) is 137 Å². The Hall–Kier alpha value is -0.943. The van der Waals surface area contributed by atoms with Crippen LogP contribution < -0.4 is 0 Å². The summed E-state index contributed by atoms with van der Waals surface area (Å²) >= 11 is 0. The van der Waals surface area contributed by atoms with Crippen molar-refractivity contribution in [3.05, 3.63) is 47.6 Å². The predicted octanol–water partition coefficient (Wildman–Crippen LogP) is 10.7. The van der Waals surface area contributed by atoms with Gasteiger partial charge in [-0.05, 0) is 117 Å². The van der Waals surface area contributed by atoms with Gasteiger partial charge in [0.05, 0.1) is 11.7 Å². The summed E-state index contributed by atoms with van der Waals surface area (Å²) in [6.07, 6.45) is 18.8. The van der Waals surface area contributed by atoms with E-state index in [-0.39, 0.29) is 16.7 Å². The minimum atomic E-state index is -1.85. The molecule has 3 aliphatic carbocycles. The molecule has 4 heteroatoms. The van der Waals surface area contributed by atoms with Gasteiger partial charge in [0.2, 0.25) is 0 Å². The first kappa shape index (κ1) is 34.5. The Morgan fingerprint density at radius 3 is 2.39 bits per heavy atom. The molecule has 0 aromatic carbocycles. The molecule has 0 aromatic rings. The van der Waals surface area contributed by atoms with Crippen LogP contribution >= 0.6 is 0 Å². The maximum absolute atomic E-state index is 6.91. The molecule has 0 aromatic heterocycles. The summed E-state index contributed by atoms with van der Waals surface area (Å²) in [4.78, 5) is 0. The largest absolute Gasteiger partial charge is 0.410 e. The van der Waals surface area contributed by atoms with Gasteiger partial charge in [0.25, 0.3) is 0 Å². The minimum absolute atomic E-state index is 0.164. The van der Waals surface area contributed by atoms with Gasteiger partial charge >= 0.3 is 0 Å². The van der Waals surface area contributed by atoms with Crippen LogP contribution in [0, 0.1) is 35.0 Å². The number of rotatable bonds is 10. The second-order valence-electron chi connectivity index (χ2n) is 16.2. The van der Waals surface area contributed by atoms with E-state index in [0.29, 0.717) is 35.9 Å². The van der Waals surface area contributed by atoms with E-state index in [1.54, 1.807) is 12.7 Å². The molecule has 0 bridgehead atoms. The van der Waals surface area contributed by atoms with E-state index in [9.17, 15) is 0 Å². The van der Waals surface area contributed by atoms with E-state index in [1.807, 2.05) is 0 Å². The monoisotopic (exact) mass is 584 g/mol. The van der Waals surface area contributed by atoms with Gasteiger partial charge in [0.15, 0.2) is 8.32 Å². The molecule has 3 rings (SSSR count). The fraction of sp³-hybridized carbons (Fsp3) is 0.784. The van der Waals surface area contributed by atoms with Gasteiger partial charge in [-0.3, -0.25) is 0 Å². The lowest BCUT2D eigenvalue weighted by molar-refractivity contribution is -0.128. The van der Waals surface area contributed by atoms with Crippen molar-refractivity contribution in [2.75, 3.05) is 13.9 Å². The summed E-state index contributed by atoms with van der Waals surface area (Å²) in [5, 5.41) is 0.212. The zero-order valence-electron chi connectivity index (χ0n) is 28.9. The Balaban J connectivity index is 1.75. The summed E-state index contributed by atoms with van der Waals surface area (Å²) in [5.74, 6) is 2.95. The van der Waals surface area contributed by atoms with Gasteiger partial charge in [-0.15, -0.1) is 0 Å². The van der Waals surface area contributed by atoms with Gasteiger partial charge in [-0.25, -0.2) is 0 Å². The molecule has 0 N–H and O–H groups in total. The maximum Gasteiger partial charge on any atom is 0.192 e. The Morgan fingerprint density at radius 1 is 1.07 bits per heavy atom. The molecular weight excluding hydrogens is 520 g/mol. The third-order valence-corrected chi connectivity index (χ3v) is 16.2. The molecule has 3 saturated carbocycles. The third kappa shape index (κ3) is 7.97. The van der Waals surface area contributed by atoms with Crippen LogP contribution in [0.3, 0.4) is 0 Å². The van der Waals surface area contributed by atoms with E-state index in [1.165, 1.54) is 43.3 Å². The van der Waals surface area contributed by atoms with E-state index in [2.05, 4.69) is 106 Å². The normalized spacial score (nSPS) is 33.5. The Kier molecular flexibility index (Phi) is 11.3. The van der Waals surface area contributed by atoms with Crippen LogP contribution in [0.1, 0.15) is 107 Å². The molecule has 0 radical (unpaired) electrons. The van der Waals surface area contributed by atoms with Crippen molar-refractivity contribution in [1.82, 2.24) is 0 Å². The van der Waals surface area contributed by atoms with Crippen LogP contribution in [-0.4, -0.2) is 33.9 Å². The molecule has 3 fully saturated rings. The summed E-state index contributed by atoms with van der Waals surface area (Å²) in [5.41, 5.74) is 4.48. The van der Waals surface area contributed by atoms with E-state index in [0.717, 1.165) is 18.8 Å². The molecule has 0 unspecified atom stereocenters. The van der Waals surface area contributed by atoms with Crippen molar-refractivity contribution in [3.8, 4) is 0 Å². The fourth-order valence-corrected chi connectivity index (χ4v) is 8.84. The fourth-order valence-electron chi connectivity index (χ4n) is 7.53. The molecule has 3 nitrogen and oxygen atoms in total. The van der Waals surface area contributed by atoms with Crippen LogP contribution in [0.25, 0.3) is 0 Å². The first-order chi connectivity index (χ1) is 18.9. The average molecular weight is 585 g/mol. The lowest BCUT2D eigenvalue weighted by Gasteiger charge is -2.44. The molecular formula is C37H64O3Si. The van der Waals surface area contributed by atoms with E-state index >= 15 is 0 Å². The molecule has 41 heavy (non-hydrogen) atoms. The predicted molar refractivity (Wildman–Crippen MR) is 178 cm³/mol. The molecule has 3 aliphatic rings. The highest BCUT2D eigenvalue weighted by molar-refractivity contribution is 6.74. The minimum Gasteiger partial charge on any atom is -0.410 e. The lowest BCUT2D eigenvalue weighted by Crippen LogP contribution is -2.45. The second kappa shape index (κ2) is 13.4. The number of allylic oxidation sites excluding steroid dienone is 4. The van der Waals surface area contributed by atoms with Crippen molar-refractivity contribution < 1.29 is 13.9 Å². The van der Waals surface area contributed by atoms with E-state index in [4.69, 9.17) is 13.9 Å². The first-order valence-corrected chi connectivity index (χ1v) is 19.4. The summed E-state index contributed by atoms with van der Waals surface area (Å²) in [7, 11) is -0.160. The number of ether oxygens (including phenoxy) is 2. The molecule has 0 aliphatic heterocycles. The van der Waals surface area contributed by atoms with Crippen molar-refractivity contribution in [1.29, 1.82) is 0 Å². The highest BCUT2D eigenvalue weighted by Gasteiger charge is 2.50. The molecule has 0 spiro atoms. The second-order valence-corrected chi connectivity index (χ2v) is 20.9. The van der Waals surface area contributed by atoms with E-state index < -0.39 is 8.32 Å². The summed E-state index contributed by atoms with van der Waals surface area (Å²) in [6.45, 7) is 30.7. The molecule has 7 atom stereocenters. The first-order valence-electron chi connectivity index (χ1n) is 16.5. The van der Waals surface area contributed by atoms with Crippen molar-refractivity contribution in [3.63, 3.8) is 0 Å². The molecule has 234 valence electrons. The summed E-state index contributed by atoms with van der Waals surface area (Å²) in [6, 6.07) is 0. The van der Waals surface area contributed by atoms with Crippen molar-refractivity contribution >= 4 is 8.32 Å². The smallest absolute Gasteiger partial charge is 0.192 e. The SMILES string of the molecule is C=C1/C(=C\C=C2/CCC[C@]3(C)[C@@H]([C@H](C)/C=C/[C@H](C)C(C)(C)OCOC)CC[C@@H]23)C[C@@H](C)C[C@@H]1O[Si](C)(C)C(C)(C)C. The number of methoxy groups -OCH3 is 1. The van der Waals surface area contributed by atoms with Crippen molar-refractivity contribution in [2.24, 2.45) is 35.0 Å². The average Bonchev–Trinajstić information content (AvgIpc) is 3.23. The number of hydrogen-bond donors (Lipinski definition) is 0. The van der Waals surface area contributed by atoms with Gasteiger partial charge < -0.3 is 13.9 Å². The quantitative estimate of drug-likeness (QED) is 0.145. The Bertz CT molecular complexity index is 996. The molecule has 0 heterocycles.